The number of benzene rings is 1. The fourth-order valence-corrected chi connectivity index (χ4v) is 4.58. The molecule has 1 saturated carbocycles. The number of nitrogens with one attached hydrogen (secondary N) is 1. The van der Waals surface area contributed by atoms with Crippen molar-refractivity contribution in [3.8, 4) is 0 Å². The molecule has 2 nitrogen and oxygen atoms in total. The molecular formula is C17H25BrN2. The van der Waals surface area contributed by atoms with Gasteiger partial charge >= 0.3 is 0 Å². The Bertz CT molecular complexity index is 448. The molecule has 2 aliphatic rings. The Labute approximate surface area is 131 Å². The lowest BCUT2D eigenvalue weighted by atomic mass is 9.89. The number of halogens is 1. The van der Waals surface area contributed by atoms with Crippen LogP contribution in [0.5, 0.6) is 0 Å². The van der Waals surface area contributed by atoms with Gasteiger partial charge in [-0.3, -0.25) is 4.90 Å². The minimum absolute atomic E-state index is 0.606. The zero-order chi connectivity index (χ0) is 13.9. The highest BCUT2D eigenvalue weighted by atomic mass is 79.9. The second kappa shape index (κ2) is 6.59. The van der Waals surface area contributed by atoms with E-state index >= 15 is 0 Å². The zero-order valence-corrected chi connectivity index (χ0v) is 14.0. The quantitative estimate of drug-likeness (QED) is 0.900. The summed E-state index contributed by atoms with van der Waals surface area (Å²) in [6.07, 6.45) is 5.62. The van der Waals surface area contributed by atoms with Crippen molar-refractivity contribution in [2.75, 3.05) is 26.2 Å². The Balaban J connectivity index is 1.90. The number of hydrogen-bond donors (Lipinski definition) is 1. The van der Waals surface area contributed by atoms with Crippen LogP contribution in [0.15, 0.2) is 22.7 Å². The van der Waals surface area contributed by atoms with Crippen molar-refractivity contribution in [1.82, 2.24) is 10.2 Å². The molecule has 3 heteroatoms. The largest absolute Gasteiger partial charge is 0.314 e. The van der Waals surface area contributed by atoms with Crippen LogP contribution in [0.2, 0.25) is 0 Å². The molecule has 20 heavy (non-hydrogen) atoms. The van der Waals surface area contributed by atoms with Gasteiger partial charge < -0.3 is 5.32 Å². The molecule has 1 N–H and O–H groups in total. The summed E-state index contributed by atoms with van der Waals surface area (Å²) in [6.45, 7) is 6.80. The molecule has 1 heterocycles. The number of piperazine rings is 1. The van der Waals surface area contributed by atoms with Crippen molar-refractivity contribution < 1.29 is 0 Å². The van der Waals surface area contributed by atoms with Crippen LogP contribution >= 0.6 is 15.9 Å². The molecule has 0 aromatic heterocycles. The molecule has 1 aliphatic heterocycles. The van der Waals surface area contributed by atoms with Gasteiger partial charge in [-0.2, -0.15) is 0 Å². The van der Waals surface area contributed by atoms with Gasteiger partial charge in [0.2, 0.25) is 0 Å². The van der Waals surface area contributed by atoms with E-state index in [-0.39, 0.29) is 0 Å². The van der Waals surface area contributed by atoms with E-state index in [1.54, 1.807) is 0 Å². The van der Waals surface area contributed by atoms with Crippen LogP contribution in [0.1, 0.15) is 42.9 Å². The van der Waals surface area contributed by atoms with E-state index in [2.05, 4.69) is 51.3 Å². The first-order valence-electron chi connectivity index (χ1n) is 7.96. The third-order valence-corrected chi connectivity index (χ3v) is 5.55. The lowest BCUT2D eigenvalue weighted by Crippen LogP contribution is -2.46. The first-order valence-corrected chi connectivity index (χ1v) is 8.76. The number of hydrogen-bond acceptors (Lipinski definition) is 2. The van der Waals surface area contributed by atoms with Gasteiger partial charge in [0.25, 0.3) is 0 Å². The predicted octanol–water partition coefficient (Wildman–Crippen LogP) is 3.89. The minimum Gasteiger partial charge on any atom is -0.314 e. The van der Waals surface area contributed by atoms with Crippen LogP contribution in [-0.4, -0.2) is 31.1 Å². The summed E-state index contributed by atoms with van der Waals surface area (Å²) in [7, 11) is 0. The smallest absolute Gasteiger partial charge is 0.0388 e. The van der Waals surface area contributed by atoms with Crippen LogP contribution in [0, 0.1) is 12.8 Å². The average molecular weight is 337 g/mol. The highest BCUT2D eigenvalue weighted by Gasteiger charge is 2.32. The van der Waals surface area contributed by atoms with Crippen molar-refractivity contribution >= 4 is 15.9 Å². The van der Waals surface area contributed by atoms with E-state index in [1.807, 2.05) is 0 Å². The van der Waals surface area contributed by atoms with Gasteiger partial charge in [-0.1, -0.05) is 40.9 Å². The van der Waals surface area contributed by atoms with Gasteiger partial charge in [0.1, 0.15) is 0 Å². The van der Waals surface area contributed by atoms with Crippen LogP contribution in [0.3, 0.4) is 0 Å². The van der Waals surface area contributed by atoms with Crippen LogP contribution in [0.4, 0.5) is 0 Å². The summed E-state index contributed by atoms with van der Waals surface area (Å²) in [5.74, 6) is 0.840. The number of aryl methyl sites for hydroxylation is 1. The van der Waals surface area contributed by atoms with E-state index in [0.29, 0.717) is 6.04 Å². The summed E-state index contributed by atoms with van der Waals surface area (Å²) >= 11 is 3.82. The maximum atomic E-state index is 3.82. The van der Waals surface area contributed by atoms with Crippen molar-refractivity contribution in [3.05, 3.63) is 33.8 Å². The van der Waals surface area contributed by atoms with Crippen LogP contribution in [-0.2, 0) is 0 Å². The fourth-order valence-electron chi connectivity index (χ4n) is 3.85. The highest BCUT2D eigenvalue weighted by molar-refractivity contribution is 9.10. The summed E-state index contributed by atoms with van der Waals surface area (Å²) < 4.78 is 1.30. The maximum Gasteiger partial charge on any atom is 0.0388 e. The summed E-state index contributed by atoms with van der Waals surface area (Å²) in [5.41, 5.74) is 2.84. The van der Waals surface area contributed by atoms with Gasteiger partial charge in [-0.15, -0.1) is 0 Å². The highest BCUT2D eigenvalue weighted by Crippen LogP contribution is 2.42. The molecule has 1 aliphatic carbocycles. The first-order chi connectivity index (χ1) is 9.75. The van der Waals surface area contributed by atoms with E-state index < -0.39 is 0 Å². The van der Waals surface area contributed by atoms with Crippen molar-refractivity contribution in [3.63, 3.8) is 0 Å². The molecule has 0 bridgehead atoms. The Morgan fingerprint density at radius 2 is 1.90 bits per heavy atom. The van der Waals surface area contributed by atoms with Gasteiger partial charge in [-0.05, 0) is 42.9 Å². The summed E-state index contributed by atoms with van der Waals surface area (Å²) in [5, 5.41) is 3.48. The molecule has 0 spiro atoms. The standard InChI is InChI=1S/C17H25BrN2/c1-13-6-7-15(16(18)12-13)17(14-4-2-3-5-14)20-10-8-19-9-11-20/h6-7,12,14,17,19H,2-5,8-11H2,1H3/t17-/m1/s1. The van der Waals surface area contributed by atoms with Crippen molar-refractivity contribution in [1.29, 1.82) is 0 Å². The molecule has 0 radical (unpaired) electrons. The molecule has 1 aromatic rings. The molecule has 0 amide bonds. The molecule has 2 fully saturated rings. The van der Waals surface area contributed by atoms with Gasteiger partial charge in [-0.25, -0.2) is 0 Å². The monoisotopic (exact) mass is 336 g/mol. The Kier molecular flexibility index (Phi) is 4.79. The third kappa shape index (κ3) is 3.10. The minimum atomic E-state index is 0.606. The van der Waals surface area contributed by atoms with Gasteiger partial charge in [0.05, 0.1) is 0 Å². The fraction of sp³-hybridized carbons (Fsp3) is 0.647. The molecule has 1 saturated heterocycles. The van der Waals surface area contributed by atoms with Gasteiger partial charge in [0, 0.05) is 36.7 Å². The second-order valence-electron chi connectivity index (χ2n) is 6.30. The molecule has 1 aromatic carbocycles. The summed E-state index contributed by atoms with van der Waals surface area (Å²) in [4.78, 5) is 2.71. The molecule has 0 unspecified atom stereocenters. The molecule has 3 rings (SSSR count). The Hall–Kier alpha value is -0.380. The van der Waals surface area contributed by atoms with E-state index in [1.165, 1.54) is 54.4 Å². The lowest BCUT2D eigenvalue weighted by molar-refractivity contribution is 0.125. The number of nitrogens with zero attached hydrogens (tertiary/aromatic N) is 1. The second-order valence-corrected chi connectivity index (χ2v) is 7.15. The van der Waals surface area contributed by atoms with Gasteiger partial charge in [0.15, 0.2) is 0 Å². The molecule has 1 atom stereocenters. The maximum absolute atomic E-state index is 3.82. The van der Waals surface area contributed by atoms with Crippen molar-refractivity contribution in [2.45, 2.75) is 38.6 Å². The van der Waals surface area contributed by atoms with Crippen molar-refractivity contribution in [2.24, 2.45) is 5.92 Å². The molecule has 110 valence electrons. The van der Waals surface area contributed by atoms with E-state index in [0.717, 1.165) is 19.0 Å². The first kappa shape index (κ1) is 14.6. The SMILES string of the molecule is Cc1ccc([C@@H](C2CCCC2)N2CCNCC2)c(Br)c1. The Morgan fingerprint density at radius 1 is 1.20 bits per heavy atom. The normalized spacial score (nSPS) is 23.1. The lowest BCUT2D eigenvalue weighted by Gasteiger charge is -2.39. The third-order valence-electron chi connectivity index (χ3n) is 4.87. The Morgan fingerprint density at radius 3 is 2.55 bits per heavy atom. The number of rotatable bonds is 3. The predicted molar refractivity (Wildman–Crippen MR) is 88.0 cm³/mol. The van der Waals surface area contributed by atoms with Crippen LogP contribution in [0.25, 0.3) is 0 Å². The van der Waals surface area contributed by atoms with E-state index in [9.17, 15) is 0 Å². The van der Waals surface area contributed by atoms with E-state index in [4.69, 9.17) is 0 Å². The average Bonchev–Trinajstić information content (AvgIpc) is 2.97. The topological polar surface area (TPSA) is 15.3 Å². The molecular weight excluding hydrogens is 312 g/mol. The zero-order valence-electron chi connectivity index (χ0n) is 12.4. The van der Waals surface area contributed by atoms with Crippen LogP contribution < -0.4 is 5.32 Å². The summed E-state index contributed by atoms with van der Waals surface area (Å²) in [6, 6.07) is 7.50.